The second-order valence-corrected chi connectivity index (χ2v) is 4.90. The number of nitro groups is 1. The van der Waals surface area contributed by atoms with E-state index in [0.29, 0.717) is 25.9 Å². The zero-order valence-electron chi connectivity index (χ0n) is 12.1. The van der Waals surface area contributed by atoms with Crippen molar-refractivity contribution in [3.05, 3.63) is 28.3 Å². The summed E-state index contributed by atoms with van der Waals surface area (Å²) in [6.45, 7) is 1.42. The van der Waals surface area contributed by atoms with Gasteiger partial charge in [-0.2, -0.15) is 0 Å². The summed E-state index contributed by atoms with van der Waals surface area (Å²) in [7, 11) is 2.81. The Morgan fingerprint density at radius 2 is 2.00 bits per heavy atom. The molecule has 1 heterocycles. The molecule has 7 nitrogen and oxygen atoms in total. The number of carbonyl (C=O) groups is 1. The highest BCUT2D eigenvalue weighted by Crippen LogP contribution is 2.33. The number of hydrogen-bond donors (Lipinski definition) is 0. The summed E-state index contributed by atoms with van der Waals surface area (Å²) < 4.78 is 9.83. The van der Waals surface area contributed by atoms with Crippen LogP contribution < -0.4 is 9.64 Å². The van der Waals surface area contributed by atoms with Crippen LogP contribution in [0.4, 0.5) is 11.4 Å². The summed E-state index contributed by atoms with van der Waals surface area (Å²) in [5.74, 6) is 0.00900. The van der Waals surface area contributed by atoms with E-state index >= 15 is 0 Å². The maximum Gasteiger partial charge on any atom is 0.311 e. The van der Waals surface area contributed by atoms with Crippen molar-refractivity contribution < 1.29 is 19.2 Å². The van der Waals surface area contributed by atoms with E-state index in [0.717, 1.165) is 5.69 Å². The summed E-state index contributed by atoms with van der Waals surface area (Å²) >= 11 is 0. The molecule has 1 aliphatic rings. The minimum absolute atomic E-state index is 0.0503. The van der Waals surface area contributed by atoms with E-state index in [1.54, 1.807) is 12.1 Å². The Labute approximate surface area is 122 Å². The van der Waals surface area contributed by atoms with Gasteiger partial charge in [-0.1, -0.05) is 0 Å². The Balaban J connectivity index is 2.10. The Morgan fingerprint density at radius 3 is 2.52 bits per heavy atom. The zero-order chi connectivity index (χ0) is 15.4. The SMILES string of the molecule is COC(=O)C1CCN(c2ccc([N+](=O)[O-])c(OC)c2)CC1. The molecule has 2 rings (SSSR count). The molecule has 0 spiro atoms. The fourth-order valence-corrected chi connectivity index (χ4v) is 2.55. The molecule has 0 atom stereocenters. The number of rotatable bonds is 4. The van der Waals surface area contributed by atoms with E-state index in [2.05, 4.69) is 4.90 Å². The fraction of sp³-hybridized carbons (Fsp3) is 0.500. The lowest BCUT2D eigenvalue weighted by Crippen LogP contribution is -2.36. The third kappa shape index (κ3) is 3.24. The fourth-order valence-electron chi connectivity index (χ4n) is 2.55. The van der Waals surface area contributed by atoms with Gasteiger partial charge in [0.2, 0.25) is 0 Å². The standard InChI is InChI=1S/C14H18N2O5/c1-20-13-9-11(3-4-12(13)16(18)19)15-7-5-10(6-8-15)14(17)21-2/h3-4,9-10H,5-8H2,1-2H3. The maximum atomic E-state index is 11.5. The van der Waals surface area contributed by atoms with Gasteiger partial charge in [-0.3, -0.25) is 14.9 Å². The van der Waals surface area contributed by atoms with Crippen molar-refractivity contribution in [2.24, 2.45) is 5.92 Å². The first-order valence-electron chi connectivity index (χ1n) is 6.72. The minimum Gasteiger partial charge on any atom is -0.490 e. The summed E-state index contributed by atoms with van der Waals surface area (Å²) in [5, 5.41) is 10.9. The van der Waals surface area contributed by atoms with Gasteiger partial charge in [0.1, 0.15) is 0 Å². The maximum absolute atomic E-state index is 11.5. The molecule has 0 aromatic heterocycles. The summed E-state index contributed by atoms with van der Waals surface area (Å²) in [6, 6.07) is 4.82. The number of anilines is 1. The average Bonchev–Trinajstić information content (AvgIpc) is 2.53. The molecule has 0 aliphatic carbocycles. The lowest BCUT2D eigenvalue weighted by Gasteiger charge is -2.32. The summed E-state index contributed by atoms with van der Waals surface area (Å²) in [4.78, 5) is 24.0. The largest absolute Gasteiger partial charge is 0.490 e. The predicted octanol–water partition coefficient (Wildman–Crippen LogP) is 1.99. The Morgan fingerprint density at radius 1 is 1.33 bits per heavy atom. The normalized spacial score (nSPS) is 15.6. The molecular formula is C14H18N2O5. The number of carbonyl (C=O) groups excluding carboxylic acids is 1. The van der Waals surface area contributed by atoms with Crippen molar-refractivity contribution in [3.63, 3.8) is 0 Å². The molecule has 1 aromatic carbocycles. The highest BCUT2D eigenvalue weighted by molar-refractivity contribution is 5.72. The van der Waals surface area contributed by atoms with Gasteiger partial charge >= 0.3 is 11.7 Å². The molecule has 114 valence electrons. The monoisotopic (exact) mass is 294 g/mol. The Kier molecular flexibility index (Phi) is 4.62. The van der Waals surface area contributed by atoms with Gasteiger partial charge in [0.25, 0.3) is 0 Å². The van der Waals surface area contributed by atoms with Crippen LogP contribution in [0.2, 0.25) is 0 Å². The van der Waals surface area contributed by atoms with E-state index in [-0.39, 0.29) is 23.3 Å². The van der Waals surface area contributed by atoms with E-state index in [1.165, 1.54) is 20.3 Å². The molecule has 0 saturated carbocycles. The van der Waals surface area contributed by atoms with Gasteiger partial charge in [-0.05, 0) is 18.9 Å². The van der Waals surface area contributed by atoms with Gasteiger partial charge in [0.15, 0.2) is 5.75 Å². The van der Waals surface area contributed by atoms with E-state index in [9.17, 15) is 14.9 Å². The van der Waals surface area contributed by atoms with Crippen LogP contribution in [0.5, 0.6) is 5.75 Å². The van der Waals surface area contributed by atoms with Crippen LogP contribution in [0.25, 0.3) is 0 Å². The zero-order valence-corrected chi connectivity index (χ0v) is 12.1. The topological polar surface area (TPSA) is 81.9 Å². The Bertz CT molecular complexity index is 538. The van der Waals surface area contributed by atoms with Crippen LogP contribution in [-0.4, -0.2) is 38.2 Å². The first kappa shape index (κ1) is 15.1. The number of piperidine rings is 1. The van der Waals surface area contributed by atoms with Crippen LogP contribution in [-0.2, 0) is 9.53 Å². The van der Waals surface area contributed by atoms with Crippen molar-refractivity contribution in [2.45, 2.75) is 12.8 Å². The summed E-state index contributed by atoms with van der Waals surface area (Å²) in [5.41, 5.74) is 0.812. The van der Waals surface area contributed by atoms with E-state index < -0.39 is 4.92 Å². The molecule has 1 aliphatic heterocycles. The van der Waals surface area contributed by atoms with Crippen LogP contribution in [0.1, 0.15) is 12.8 Å². The van der Waals surface area contributed by atoms with E-state index in [1.807, 2.05) is 0 Å². The van der Waals surface area contributed by atoms with Crippen LogP contribution in [0, 0.1) is 16.0 Å². The van der Waals surface area contributed by atoms with Gasteiger partial charge in [-0.25, -0.2) is 0 Å². The average molecular weight is 294 g/mol. The smallest absolute Gasteiger partial charge is 0.311 e. The van der Waals surface area contributed by atoms with Crippen LogP contribution in [0.15, 0.2) is 18.2 Å². The predicted molar refractivity (Wildman–Crippen MR) is 76.6 cm³/mol. The minimum atomic E-state index is -0.466. The number of hydrogen-bond acceptors (Lipinski definition) is 6. The second-order valence-electron chi connectivity index (χ2n) is 4.90. The summed E-state index contributed by atoms with van der Waals surface area (Å²) in [6.07, 6.45) is 1.43. The first-order valence-corrected chi connectivity index (χ1v) is 6.72. The third-order valence-corrected chi connectivity index (χ3v) is 3.75. The van der Waals surface area contributed by atoms with Crippen LogP contribution >= 0.6 is 0 Å². The number of nitro benzene ring substituents is 1. The van der Waals surface area contributed by atoms with Gasteiger partial charge in [-0.15, -0.1) is 0 Å². The van der Waals surface area contributed by atoms with Crippen molar-refractivity contribution >= 4 is 17.3 Å². The lowest BCUT2D eigenvalue weighted by molar-refractivity contribution is -0.385. The van der Waals surface area contributed by atoms with Crippen molar-refractivity contribution in [1.82, 2.24) is 0 Å². The number of ether oxygens (including phenoxy) is 2. The number of methoxy groups -OCH3 is 2. The molecular weight excluding hydrogens is 276 g/mol. The molecule has 7 heteroatoms. The number of esters is 1. The molecule has 1 aromatic rings. The molecule has 1 saturated heterocycles. The molecule has 1 fully saturated rings. The van der Waals surface area contributed by atoms with Gasteiger partial charge in [0, 0.05) is 30.9 Å². The van der Waals surface area contributed by atoms with Crippen LogP contribution in [0.3, 0.4) is 0 Å². The number of benzene rings is 1. The third-order valence-electron chi connectivity index (χ3n) is 3.75. The Hall–Kier alpha value is -2.31. The highest BCUT2D eigenvalue weighted by Gasteiger charge is 2.26. The van der Waals surface area contributed by atoms with E-state index in [4.69, 9.17) is 9.47 Å². The quantitative estimate of drug-likeness (QED) is 0.480. The molecule has 0 radical (unpaired) electrons. The second kappa shape index (κ2) is 6.43. The van der Waals surface area contributed by atoms with Crippen molar-refractivity contribution in [2.75, 3.05) is 32.2 Å². The number of nitrogens with zero attached hydrogens (tertiary/aromatic N) is 2. The molecule has 0 amide bonds. The van der Waals surface area contributed by atoms with Gasteiger partial charge in [0.05, 0.1) is 25.1 Å². The molecule has 0 unspecified atom stereocenters. The van der Waals surface area contributed by atoms with Crippen molar-refractivity contribution in [1.29, 1.82) is 0 Å². The lowest BCUT2D eigenvalue weighted by atomic mass is 9.96. The molecule has 0 N–H and O–H groups in total. The van der Waals surface area contributed by atoms with Crippen molar-refractivity contribution in [3.8, 4) is 5.75 Å². The molecule has 0 bridgehead atoms. The first-order chi connectivity index (χ1) is 10.1. The van der Waals surface area contributed by atoms with Gasteiger partial charge < -0.3 is 14.4 Å². The highest BCUT2D eigenvalue weighted by atomic mass is 16.6. The molecule has 21 heavy (non-hydrogen) atoms.